The molecule has 2 aromatic rings. The lowest BCUT2D eigenvalue weighted by molar-refractivity contribution is -0.119. The summed E-state index contributed by atoms with van der Waals surface area (Å²) < 4.78 is 0. The van der Waals surface area contributed by atoms with Gasteiger partial charge in [0.15, 0.2) is 0 Å². The molecule has 0 fully saturated rings. The van der Waals surface area contributed by atoms with Crippen molar-refractivity contribution in [3.8, 4) is 0 Å². The number of para-hydroxylation sites is 2. The van der Waals surface area contributed by atoms with Crippen molar-refractivity contribution in [2.24, 2.45) is 0 Å². The summed E-state index contributed by atoms with van der Waals surface area (Å²) in [6.45, 7) is 4.87. The molecule has 0 radical (unpaired) electrons. The molecule has 0 atom stereocenters. The number of carbonyl (C=O) groups is 1. The number of hydrogen-bond acceptors (Lipinski definition) is 3. The zero-order chi connectivity index (χ0) is 16.1. The van der Waals surface area contributed by atoms with E-state index in [-0.39, 0.29) is 5.91 Å². The predicted octanol–water partition coefficient (Wildman–Crippen LogP) is 2.93. The van der Waals surface area contributed by atoms with Gasteiger partial charge in [-0.25, -0.2) is 0 Å². The maximum absolute atomic E-state index is 12.3. The van der Waals surface area contributed by atoms with Gasteiger partial charge in [0.05, 0.1) is 17.9 Å². The Morgan fingerprint density at radius 2 is 1.96 bits per heavy atom. The number of nitrogens with one attached hydrogen (secondary N) is 2. The van der Waals surface area contributed by atoms with Crippen LogP contribution in [0.2, 0.25) is 0 Å². The first-order valence-electron chi connectivity index (χ1n) is 8.12. The summed E-state index contributed by atoms with van der Waals surface area (Å²) in [6, 6.07) is 16.4. The highest BCUT2D eigenvalue weighted by Crippen LogP contribution is 2.27. The second kappa shape index (κ2) is 7.18. The van der Waals surface area contributed by atoms with E-state index >= 15 is 0 Å². The second-order valence-corrected chi connectivity index (χ2v) is 5.98. The molecule has 0 saturated carbocycles. The first kappa shape index (κ1) is 15.4. The Hall–Kier alpha value is -2.49. The first-order valence-corrected chi connectivity index (χ1v) is 8.12. The Labute approximate surface area is 137 Å². The van der Waals surface area contributed by atoms with Gasteiger partial charge in [0.25, 0.3) is 0 Å². The number of anilines is 2. The summed E-state index contributed by atoms with van der Waals surface area (Å²) >= 11 is 0. The van der Waals surface area contributed by atoms with Gasteiger partial charge in [0.1, 0.15) is 0 Å². The summed E-state index contributed by atoms with van der Waals surface area (Å²) in [5.74, 6) is 0.0577. The van der Waals surface area contributed by atoms with Crippen LogP contribution in [0, 0.1) is 6.92 Å². The Balaban J connectivity index is 1.60. The zero-order valence-electron chi connectivity index (χ0n) is 13.5. The molecule has 23 heavy (non-hydrogen) atoms. The van der Waals surface area contributed by atoms with E-state index in [0.29, 0.717) is 13.1 Å². The van der Waals surface area contributed by atoms with E-state index in [4.69, 9.17) is 0 Å². The van der Waals surface area contributed by atoms with E-state index in [1.807, 2.05) is 12.1 Å². The lowest BCUT2D eigenvalue weighted by Gasteiger charge is -2.23. The standard InChI is InChI=1S/C19H23N3O/c1-15-7-9-16(10-8-15)13-21-19(23)14-22-12-4-11-20-17-5-2-3-6-18(17)22/h2-3,5-10,20H,4,11-14H2,1H3,(H,21,23). The Bertz CT molecular complexity index is 667. The highest BCUT2D eigenvalue weighted by Gasteiger charge is 2.16. The van der Waals surface area contributed by atoms with Crippen LogP contribution >= 0.6 is 0 Å². The van der Waals surface area contributed by atoms with Crippen molar-refractivity contribution < 1.29 is 4.79 Å². The summed E-state index contributed by atoms with van der Waals surface area (Å²) in [5.41, 5.74) is 4.57. The van der Waals surface area contributed by atoms with E-state index < -0.39 is 0 Å². The number of nitrogens with zero attached hydrogens (tertiary/aromatic N) is 1. The molecular formula is C19H23N3O. The van der Waals surface area contributed by atoms with Crippen LogP contribution in [0.15, 0.2) is 48.5 Å². The van der Waals surface area contributed by atoms with Gasteiger partial charge in [-0.3, -0.25) is 4.79 Å². The highest BCUT2D eigenvalue weighted by atomic mass is 16.2. The van der Waals surface area contributed by atoms with Gasteiger partial charge in [0.2, 0.25) is 5.91 Å². The van der Waals surface area contributed by atoms with Gasteiger partial charge in [-0.15, -0.1) is 0 Å². The van der Waals surface area contributed by atoms with Crippen LogP contribution in [0.25, 0.3) is 0 Å². The number of aryl methyl sites for hydroxylation is 1. The van der Waals surface area contributed by atoms with Crippen LogP contribution in [0.5, 0.6) is 0 Å². The minimum Gasteiger partial charge on any atom is -0.383 e. The molecule has 4 nitrogen and oxygen atoms in total. The monoisotopic (exact) mass is 309 g/mol. The van der Waals surface area contributed by atoms with Crippen molar-refractivity contribution in [2.75, 3.05) is 29.9 Å². The molecule has 0 bridgehead atoms. The average molecular weight is 309 g/mol. The van der Waals surface area contributed by atoms with Gasteiger partial charge in [-0.2, -0.15) is 0 Å². The van der Waals surface area contributed by atoms with Crippen molar-refractivity contribution in [1.82, 2.24) is 5.32 Å². The minimum absolute atomic E-state index is 0.0577. The third-order valence-corrected chi connectivity index (χ3v) is 4.11. The van der Waals surface area contributed by atoms with Crippen LogP contribution in [0.1, 0.15) is 17.5 Å². The molecule has 3 rings (SSSR count). The molecule has 1 heterocycles. The molecule has 0 unspecified atom stereocenters. The van der Waals surface area contributed by atoms with Crippen molar-refractivity contribution in [3.05, 3.63) is 59.7 Å². The highest BCUT2D eigenvalue weighted by molar-refractivity contribution is 5.83. The normalized spacial score (nSPS) is 13.7. The fourth-order valence-corrected chi connectivity index (χ4v) is 2.81. The van der Waals surface area contributed by atoms with E-state index in [2.05, 4.69) is 58.9 Å². The molecule has 0 aliphatic carbocycles. The second-order valence-electron chi connectivity index (χ2n) is 5.98. The lowest BCUT2D eigenvalue weighted by Crippen LogP contribution is -2.37. The molecule has 4 heteroatoms. The topological polar surface area (TPSA) is 44.4 Å². The van der Waals surface area contributed by atoms with Gasteiger partial charge < -0.3 is 15.5 Å². The van der Waals surface area contributed by atoms with Gasteiger partial charge in [-0.1, -0.05) is 42.0 Å². The maximum atomic E-state index is 12.3. The fraction of sp³-hybridized carbons (Fsp3) is 0.316. The molecule has 2 aromatic carbocycles. The third-order valence-electron chi connectivity index (χ3n) is 4.11. The Morgan fingerprint density at radius 3 is 2.78 bits per heavy atom. The lowest BCUT2D eigenvalue weighted by atomic mass is 10.1. The Morgan fingerprint density at radius 1 is 1.17 bits per heavy atom. The number of carbonyl (C=O) groups excluding carboxylic acids is 1. The van der Waals surface area contributed by atoms with Crippen molar-refractivity contribution in [2.45, 2.75) is 19.9 Å². The minimum atomic E-state index is 0.0577. The Kier molecular flexibility index (Phi) is 4.81. The smallest absolute Gasteiger partial charge is 0.239 e. The van der Waals surface area contributed by atoms with E-state index in [1.54, 1.807) is 0 Å². The number of rotatable bonds is 4. The van der Waals surface area contributed by atoms with Crippen molar-refractivity contribution >= 4 is 17.3 Å². The van der Waals surface area contributed by atoms with Crippen molar-refractivity contribution in [1.29, 1.82) is 0 Å². The summed E-state index contributed by atoms with van der Waals surface area (Å²) in [5, 5.41) is 6.43. The molecule has 0 spiro atoms. The number of benzene rings is 2. The SMILES string of the molecule is Cc1ccc(CNC(=O)CN2CCCNc3ccccc32)cc1. The molecular weight excluding hydrogens is 286 g/mol. The van der Waals surface area contributed by atoms with Gasteiger partial charge in [-0.05, 0) is 31.0 Å². The zero-order valence-corrected chi connectivity index (χ0v) is 13.5. The van der Waals surface area contributed by atoms with E-state index in [1.165, 1.54) is 5.56 Å². The number of amides is 1. The van der Waals surface area contributed by atoms with Gasteiger partial charge in [0, 0.05) is 19.6 Å². The molecule has 120 valence electrons. The molecule has 0 saturated heterocycles. The summed E-state index contributed by atoms with van der Waals surface area (Å²) in [7, 11) is 0. The van der Waals surface area contributed by atoms with Gasteiger partial charge >= 0.3 is 0 Å². The molecule has 1 amide bonds. The van der Waals surface area contributed by atoms with Crippen LogP contribution in [-0.4, -0.2) is 25.5 Å². The van der Waals surface area contributed by atoms with Crippen molar-refractivity contribution in [3.63, 3.8) is 0 Å². The average Bonchev–Trinajstić information content (AvgIpc) is 2.77. The molecule has 1 aliphatic rings. The maximum Gasteiger partial charge on any atom is 0.239 e. The molecule has 2 N–H and O–H groups in total. The summed E-state index contributed by atoms with van der Waals surface area (Å²) in [6.07, 6.45) is 1.03. The van der Waals surface area contributed by atoms with Crippen LogP contribution < -0.4 is 15.5 Å². The van der Waals surface area contributed by atoms with E-state index in [0.717, 1.165) is 36.4 Å². The van der Waals surface area contributed by atoms with E-state index in [9.17, 15) is 4.79 Å². The quantitative estimate of drug-likeness (QED) is 0.913. The fourth-order valence-electron chi connectivity index (χ4n) is 2.81. The predicted molar refractivity (Wildman–Crippen MR) is 94.8 cm³/mol. The van der Waals surface area contributed by atoms with Crippen LogP contribution in [0.4, 0.5) is 11.4 Å². The first-order chi connectivity index (χ1) is 11.2. The van der Waals surface area contributed by atoms with Crippen LogP contribution in [-0.2, 0) is 11.3 Å². The molecule has 1 aliphatic heterocycles. The number of hydrogen-bond donors (Lipinski definition) is 2. The van der Waals surface area contributed by atoms with Crippen LogP contribution in [0.3, 0.4) is 0 Å². The summed E-state index contributed by atoms with van der Waals surface area (Å²) in [4.78, 5) is 14.5. The number of fused-ring (bicyclic) bond motifs is 1. The largest absolute Gasteiger partial charge is 0.383 e. The molecule has 0 aromatic heterocycles. The third kappa shape index (κ3) is 4.03.